The Hall–Kier alpha value is -3.33. The van der Waals surface area contributed by atoms with E-state index in [1.807, 2.05) is 28.9 Å². The van der Waals surface area contributed by atoms with Gasteiger partial charge in [0.15, 0.2) is 0 Å². The Morgan fingerprint density at radius 1 is 0.692 bits per heavy atom. The smallest absolute Gasteiger partial charge is 0.0934 e. The molecule has 4 rings (SSSR count). The number of anilines is 1. The van der Waals surface area contributed by atoms with E-state index in [1.54, 1.807) is 0 Å². The minimum absolute atomic E-state index is 0.747. The summed E-state index contributed by atoms with van der Waals surface area (Å²) in [6, 6.07) is 26.9. The van der Waals surface area contributed by atoms with Gasteiger partial charge >= 0.3 is 0 Å². The van der Waals surface area contributed by atoms with E-state index in [-0.39, 0.29) is 0 Å². The Bertz CT molecular complexity index is 962. The second kappa shape index (κ2) is 6.52. The normalized spacial score (nSPS) is 10.8. The predicted octanol–water partition coefficient (Wildman–Crippen LogP) is 5.41. The summed E-state index contributed by atoms with van der Waals surface area (Å²) in [5.41, 5.74) is 14.3. The van der Waals surface area contributed by atoms with E-state index >= 15 is 0 Å². The Balaban J connectivity index is 1.88. The Morgan fingerprint density at radius 3 is 1.81 bits per heavy atom. The summed E-state index contributed by atoms with van der Waals surface area (Å²) in [6.07, 6.45) is 0. The van der Waals surface area contributed by atoms with Crippen LogP contribution in [-0.4, -0.2) is 9.78 Å². The summed E-state index contributed by atoms with van der Waals surface area (Å²) in [7, 11) is 0. The van der Waals surface area contributed by atoms with Gasteiger partial charge in [0.1, 0.15) is 0 Å². The number of hydrogen-bond acceptors (Lipinski definition) is 2. The number of nitrogens with zero attached hydrogens (tertiary/aromatic N) is 2. The maximum atomic E-state index is 5.85. The topological polar surface area (TPSA) is 43.8 Å². The molecule has 3 nitrogen and oxygen atoms in total. The van der Waals surface area contributed by atoms with Crippen molar-refractivity contribution in [2.45, 2.75) is 13.8 Å². The van der Waals surface area contributed by atoms with E-state index in [4.69, 9.17) is 10.8 Å². The maximum Gasteiger partial charge on any atom is 0.0934 e. The van der Waals surface area contributed by atoms with Crippen molar-refractivity contribution in [2.24, 2.45) is 0 Å². The molecular weight excluding hydrogens is 318 g/mol. The van der Waals surface area contributed by atoms with Gasteiger partial charge in [-0.05, 0) is 44.2 Å². The van der Waals surface area contributed by atoms with Gasteiger partial charge in [-0.15, -0.1) is 0 Å². The van der Waals surface area contributed by atoms with E-state index in [2.05, 4.69) is 68.4 Å². The zero-order valence-electron chi connectivity index (χ0n) is 15.0. The molecule has 0 unspecified atom stereocenters. The molecule has 0 aliphatic carbocycles. The molecule has 4 aromatic rings. The monoisotopic (exact) mass is 339 g/mol. The zero-order valence-corrected chi connectivity index (χ0v) is 15.0. The fraction of sp³-hybridized carbons (Fsp3) is 0.0870. The van der Waals surface area contributed by atoms with Gasteiger partial charge in [-0.1, -0.05) is 59.7 Å². The minimum Gasteiger partial charge on any atom is -0.399 e. The first-order valence-corrected chi connectivity index (χ1v) is 8.70. The molecule has 0 saturated carbocycles. The summed E-state index contributed by atoms with van der Waals surface area (Å²) in [5, 5.41) is 4.88. The maximum absolute atomic E-state index is 5.85. The Kier molecular flexibility index (Phi) is 4.05. The van der Waals surface area contributed by atoms with Crippen molar-refractivity contribution >= 4 is 5.69 Å². The number of nitrogen functional groups attached to an aromatic ring is 1. The molecule has 0 bridgehead atoms. The Labute approximate surface area is 153 Å². The highest BCUT2D eigenvalue weighted by Gasteiger charge is 2.13. The molecule has 0 aliphatic rings. The molecule has 2 N–H and O–H groups in total. The molecule has 1 heterocycles. The molecule has 0 radical (unpaired) electrons. The fourth-order valence-electron chi connectivity index (χ4n) is 2.99. The van der Waals surface area contributed by atoms with Crippen LogP contribution in [0, 0.1) is 13.8 Å². The van der Waals surface area contributed by atoms with Crippen molar-refractivity contribution in [1.29, 1.82) is 0 Å². The fourth-order valence-corrected chi connectivity index (χ4v) is 2.99. The zero-order chi connectivity index (χ0) is 18.1. The molecule has 128 valence electrons. The molecule has 26 heavy (non-hydrogen) atoms. The second-order valence-electron chi connectivity index (χ2n) is 6.65. The summed E-state index contributed by atoms with van der Waals surface area (Å²) in [4.78, 5) is 0. The standard InChI is InChI=1S/C23H21N3/c1-16-3-7-18(8-4-16)22-15-23(19-9-5-17(2)6-10-19)26(25-22)21-13-11-20(24)12-14-21/h3-15H,24H2,1-2H3. The molecule has 3 aromatic carbocycles. The SMILES string of the molecule is Cc1ccc(-c2cc(-c3ccc(C)cc3)n(-c3ccc(N)cc3)n2)cc1. The molecule has 0 atom stereocenters. The van der Waals surface area contributed by atoms with Crippen molar-refractivity contribution in [3.63, 3.8) is 0 Å². The lowest BCUT2D eigenvalue weighted by molar-refractivity contribution is 0.892. The number of rotatable bonds is 3. The van der Waals surface area contributed by atoms with E-state index in [0.29, 0.717) is 0 Å². The van der Waals surface area contributed by atoms with Crippen molar-refractivity contribution in [2.75, 3.05) is 5.73 Å². The average molecular weight is 339 g/mol. The summed E-state index contributed by atoms with van der Waals surface area (Å²) in [6.45, 7) is 4.19. The third-order valence-electron chi connectivity index (χ3n) is 4.54. The predicted molar refractivity (Wildman–Crippen MR) is 108 cm³/mol. The number of hydrogen-bond donors (Lipinski definition) is 1. The number of nitrogens with two attached hydrogens (primary N) is 1. The number of aryl methyl sites for hydroxylation is 2. The van der Waals surface area contributed by atoms with Crippen LogP contribution >= 0.6 is 0 Å². The lowest BCUT2D eigenvalue weighted by atomic mass is 10.1. The van der Waals surface area contributed by atoms with Gasteiger partial charge in [-0.2, -0.15) is 5.10 Å². The minimum atomic E-state index is 0.747. The first-order chi connectivity index (χ1) is 12.6. The largest absolute Gasteiger partial charge is 0.399 e. The van der Waals surface area contributed by atoms with Crippen molar-refractivity contribution in [3.05, 3.63) is 90.0 Å². The summed E-state index contributed by atoms with van der Waals surface area (Å²) in [5.74, 6) is 0. The first kappa shape index (κ1) is 16.2. The summed E-state index contributed by atoms with van der Waals surface area (Å²) >= 11 is 0. The van der Waals surface area contributed by atoms with Gasteiger partial charge in [0.05, 0.1) is 17.1 Å². The second-order valence-corrected chi connectivity index (χ2v) is 6.65. The highest BCUT2D eigenvalue weighted by atomic mass is 15.3. The van der Waals surface area contributed by atoms with E-state index in [9.17, 15) is 0 Å². The molecule has 0 amide bonds. The van der Waals surface area contributed by atoms with Crippen LogP contribution in [0.25, 0.3) is 28.2 Å². The third kappa shape index (κ3) is 3.11. The van der Waals surface area contributed by atoms with Crippen LogP contribution in [0.1, 0.15) is 11.1 Å². The van der Waals surface area contributed by atoms with Crippen molar-refractivity contribution < 1.29 is 0 Å². The van der Waals surface area contributed by atoms with E-state index in [0.717, 1.165) is 33.9 Å². The lowest BCUT2D eigenvalue weighted by Gasteiger charge is -2.08. The van der Waals surface area contributed by atoms with Crippen LogP contribution in [0.4, 0.5) is 5.69 Å². The molecule has 0 spiro atoms. The molecule has 3 heteroatoms. The van der Waals surface area contributed by atoms with Gasteiger partial charge < -0.3 is 5.73 Å². The molecule has 1 aromatic heterocycles. The van der Waals surface area contributed by atoms with Crippen molar-refractivity contribution in [1.82, 2.24) is 9.78 Å². The molecule has 0 aliphatic heterocycles. The van der Waals surface area contributed by atoms with Gasteiger partial charge in [-0.25, -0.2) is 4.68 Å². The average Bonchev–Trinajstić information content (AvgIpc) is 3.09. The van der Waals surface area contributed by atoms with Crippen molar-refractivity contribution in [3.8, 4) is 28.2 Å². The third-order valence-corrected chi connectivity index (χ3v) is 4.54. The molecule has 0 fully saturated rings. The molecular formula is C23H21N3. The van der Waals surface area contributed by atoms with Crippen LogP contribution in [0.3, 0.4) is 0 Å². The highest BCUT2D eigenvalue weighted by Crippen LogP contribution is 2.29. The van der Waals surface area contributed by atoms with Gasteiger partial charge in [0, 0.05) is 16.8 Å². The summed E-state index contributed by atoms with van der Waals surface area (Å²) < 4.78 is 1.99. The van der Waals surface area contributed by atoms with E-state index < -0.39 is 0 Å². The quantitative estimate of drug-likeness (QED) is 0.508. The number of benzene rings is 3. The first-order valence-electron chi connectivity index (χ1n) is 8.70. The van der Waals surface area contributed by atoms with Crippen LogP contribution in [-0.2, 0) is 0 Å². The Morgan fingerprint density at radius 2 is 1.23 bits per heavy atom. The molecule has 0 saturated heterocycles. The van der Waals surface area contributed by atoms with Crippen LogP contribution in [0.5, 0.6) is 0 Å². The van der Waals surface area contributed by atoms with Gasteiger partial charge in [0.25, 0.3) is 0 Å². The van der Waals surface area contributed by atoms with Gasteiger partial charge in [-0.3, -0.25) is 0 Å². The van der Waals surface area contributed by atoms with E-state index in [1.165, 1.54) is 11.1 Å². The van der Waals surface area contributed by atoms with Gasteiger partial charge in [0.2, 0.25) is 0 Å². The number of aromatic nitrogens is 2. The van der Waals surface area contributed by atoms with Crippen LogP contribution in [0.2, 0.25) is 0 Å². The lowest BCUT2D eigenvalue weighted by Crippen LogP contribution is -1.99. The van der Waals surface area contributed by atoms with Crippen LogP contribution in [0.15, 0.2) is 78.9 Å². The highest BCUT2D eigenvalue weighted by molar-refractivity contribution is 5.71. The van der Waals surface area contributed by atoms with Crippen LogP contribution < -0.4 is 5.73 Å².